The summed E-state index contributed by atoms with van der Waals surface area (Å²) in [5.41, 5.74) is 2.81. The van der Waals surface area contributed by atoms with E-state index in [1.807, 2.05) is 41.0 Å². The maximum atomic E-state index is 13.7. The first kappa shape index (κ1) is 24.5. The van der Waals surface area contributed by atoms with Crippen molar-refractivity contribution in [1.29, 1.82) is 0 Å². The second-order valence-corrected chi connectivity index (χ2v) is 9.81. The van der Waals surface area contributed by atoms with E-state index in [1.165, 1.54) is 0 Å². The van der Waals surface area contributed by atoms with E-state index in [0.717, 1.165) is 24.3 Å². The second kappa shape index (κ2) is 10.5. The smallest absolute Gasteiger partial charge is 0.256 e. The van der Waals surface area contributed by atoms with Crippen LogP contribution in [0.1, 0.15) is 15.9 Å². The van der Waals surface area contributed by atoms with Crippen LogP contribution in [0, 0.1) is 0 Å². The van der Waals surface area contributed by atoms with E-state index in [0.29, 0.717) is 66.0 Å². The monoisotopic (exact) mass is 530 g/mol. The number of nitrogens with one attached hydrogen (secondary N) is 2. The van der Waals surface area contributed by atoms with Crippen LogP contribution in [0.5, 0.6) is 11.5 Å². The number of carbonyl (C=O) groups excluding carboxylic acids is 1. The third-order valence-corrected chi connectivity index (χ3v) is 7.10. The van der Waals surface area contributed by atoms with E-state index in [4.69, 9.17) is 21.1 Å². The molecule has 0 unspecified atom stereocenters. The standard InChI is InChI=1S/C29H27ClN4O4/c30-20-6-7-25-24(14-20)34-18-23(29(36)31-8-9-33-10-12-37-13-11-33)28(35)22-15-21(16-26(38-25)27(22)34)32-17-19-4-2-1-3-5-19/h1-7,14-16,18,32H,8-13,17H2,(H,31,36). The predicted molar refractivity (Wildman–Crippen MR) is 148 cm³/mol. The molecule has 1 amide bonds. The Balaban J connectivity index is 1.37. The lowest BCUT2D eigenvalue weighted by Crippen LogP contribution is -2.42. The minimum absolute atomic E-state index is 0.0680. The fourth-order valence-electron chi connectivity index (χ4n) is 4.89. The lowest BCUT2D eigenvalue weighted by molar-refractivity contribution is 0.0383. The topological polar surface area (TPSA) is 84.8 Å². The van der Waals surface area contributed by atoms with Gasteiger partial charge in [0.1, 0.15) is 11.1 Å². The molecule has 0 saturated carbocycles. The van der Waals surface area contributed by atoms with E-state index < -0.39 is 5.91 Å². The normalized spacial score (nSPS) is 14.6. The number of halogens is 1. The minimum Gasteiger partial charge on any atom is -0.453 e. The number of hydrogen-bond donors (Lipinski definition) is 2. The maximum absolute atomic E-state index is 13.7. The van der Waals surface area contributed by atoms with Gasteiger partial charge in [-0.3, -0.25) is 14.5 Å². The number of amides is 1. The molecule has 6 rings (SSSR count). The number of aromatic nitrogens is 1. The molecular weight excluding hydrogens is 504 g/mol. The Labute approximate surface area is 224 Å². The average Bonchev–Trinajstić information content (AvgIpc) is 2.94. The molecule has 8 nitrogen and oxygen atoms in total. The summed E-state index contributed by atoms with van der Waals surface area (Å²) in [7, 11) is 0. The average molecular weight is 531 g/mol. The predicted octanol–water partition coefficient (Wildman–Crippen LogP) is 4.42. The molecule has 3 heterocycles. The Morgan fingerprint density at radius 2 is 1.82 bits per heavy atom. The number of morpholine rings is 1. The summed E-state index contributed by atoms with van der Waals surface area (Å²) in [6, 6.07) is 19.0. The van der Waals surface area contributed by atoms with Crippen molar-refractivity contribution in [2.45, 2.75) is 6.54 Å². The molecule has 1 aromatic heterocycles. The Morgan fingerprint density at radius 3 is 2.63 bits per heavy atom. The maximum Gasteiger partial charge on any atom is 0.256 e. The highest BCUT2D eigenvalue weighted by Crippen LogP contribution is 2.42. The quantitative estimate of drug-likeness (QED) is 0.324. The Morgan fingerprint density at radius 1 is 1.00 bits per heavy atom. The van der Waals surface area contributed by atoms with Crippen molar-refractivity contribution in [3.05, 3.63) is 93.2 Å². The summed E-state index contributed by atoms with van der Waals surface area (Å²) >= 11 is 6.31. The van der Waals surface area contributed by atoms with Crippen LogP contribution >= 0.6 is 11.6 Å². The van der Waals surface area contributed by atoms with Gasteiger partial charge in [-0.2, -0.15) is 0 Å². The second-order valence-electron chi connectivity index (χ2n) is 9.38. The number of anilines is 1. The van der Waals surface area contributed by atoms with Crippen LogP contribution in [0.3, 0.4) is 0 Å². The number of fused-ring (bicyclic) bond motifs is 2. The molecule has 0 bridgehead atoms. The Hall–Kier alpha value is -3.85. The molecular formula is C29H27ClN4O4. The molecule has 38 heavy (non-hydrogen) atoms. The first-order chi connectivity index (χ1) is 18.6. The number of carbonyl (C=O) groups is 1. The first-order valence-corrected chi connectivity index (χ1v) is 13.0. The van der Waals surface area contributed by atoms with Gasteiger partial charge >= 0.3 is 0 Å². The summed E-state index contributed by atoms with van der Waals surface area (Å²) in [6.07, 6.45) is 1.59. The zero-order valence-corrected chi connectivity index (χ0v) is 21.5. The van der Waals surface area contributed by atoms with Gasteiger partial charge in [0.05, 0.1) is 24.3 Å². The lowest BCUT2D eigenvalue weighted by Gasteiger charge is -2.26. The van der Waals surface area contributed by atoms with Crippen LogP contribution in [0.4, 0.5) is 5.69 Å². The fraction of sp³-hybridized carbons (Fsp3) is 0.241. The molecule has 0 atom stereocenters. The van der Waals surface area contributed by atoms with Gasteiger partial charge in [0.15, 0.2) is 11.5 Å². The number of rotatable bonds is 7. The van der Waals surface area contributed by atoms with Gasteiger partial charge in [0.25, 0.3) is 5.91 Å². The first-order valence-electron chi connectivity index (χ1n) is 12.6. The molecule has 2 aliphatic heterocycles. The van der Waals surface area contributed by atoms with Gasteiger partial charge in [0, 0.05) is 55.7 Å². The van der Waals surface area contributed by atoms with Gasteiger partial charge in [-0.1, -0.05) is 41.9 Å². The third kappa shape index (κ3) is 4.86. The fourth-order valence-corrected chi connectivity index (χ4v) is 5.06. The van der Waals surface area contributed by atoms with E-state index in [2.05, 4.69) is 15.5 Å². The van der Waals surface area contributed by atoms with E-state index in [9.17, 15) is 9.59 Å². The van der Waals surface area contributed by atoms with Crippen molar-refractivity contribution in [1.82, 2.24) is 14.8 Å². The molecule has 2 aliphatic rings. The number of hydrogen-bond acceptors (Lipinski definition) is 6. The van der Waals surface area contributed by atoms with Crippen molar-refractivity contribution in [2.24, 2.45) is 0 Å². The van der Waals surface area contributed by atoms with Crippen LogP contribution in [0.2, 0.25) is 5.02 Å². The highest BCUT2D eigenvalue weighted by molar-refractivity contribution is 6.30. The molecule has 1 fully saturated rings. The van der Waals surface area contributed by atoms with Crippen molar-refractivity contribution >= 4 is 34.1 Å². The lowest BCUT2D eigenvalue weighted by atomic mass is 10.1. The minimum atomic E-state index is -0.409. The molecule has 3 aromatic carbocycles. The number of ether oxygens (including phenoxy) is 2. The van der Waals surface area contributed by atoms with Crippen LogP contribution < -0.4 is 20.8 Å². The number of benzene rings is 3. The van der Waals surface area contributed by atoms with Crippen LogP contribution in [0.15, 0.2) is 71.7 Å². The highest BCUT2D eigenvalue weighted by Gasteiger charge is 2.25. The van der Waals surface area contributed by atoms with Crippen LogP contribution in [-0.4, -0.2) is 54.8 Å². The molecule has 0 radical (unpaired) electrons. The van der Waals surface area contributed by atoms with Crippen molar-refractivity contribution < 1.29 is 14.3 Å². The summed E-state index contributed by atoms with van der Waals surface area (Å²) in [6.45, 7) is 4.75. The zero-order valence-electron chi connectivity index (χ0n) is 20.7. The summed E-state index contributed by atoms with van der Waals surface area (Å²) in [5, 5.41) is 7.23. The van der Waals surface area contributed by atoms with Crippen molar-refractivity contribution in [3.8, 4) is 17.2 Å². The number of pyridine rings is 1. The van der Waals surface area contributed by atoms with Crippen LogP contribution in [0.25, 0.3) is 16.6 Å². The van der Waals surface area contributed by atoms with Gasteiger partial charge in [-0.05, 0) is 29.8 Å². The van der Waals surface area contributed by atoms with Gasteiger partial charge in [-0.25, -0.2) is 0 Å². The van der Waals surface area contributed by atoms with Gasteiger partial charge < -0.3 is 24.7 Å². The summed E-state index contributed by atoms with van der Waals surface area (Å²) in [4.78, 5) is 29.2. The third-order valence-electron chi connectivity index (χ3n) is 6.87. The summed E-state index contributed by atoms with van der Waals surface area (Å²) < 4.78 is 13.4. The SMILES string of the molecule is O=C(NCCN1CCOCC1)c1cn2c3c(cc(NCc4ccccc4)cc3c1=O)Oc1ccc(Cl)cc1-2. The molecule has 2 N–H and O–H groups in total. The van der Waals surface area contributed by atoms with Gasteiger partial charge in [-0.15, -0.1) is 0 Å². The largest absolute Gasteiger partial charge is 0.453 e. The Kier molecular flexibility index (Phi) is 6.76. The van der Waals surface area contributed by atoms with E-state index in [1.54, 1.807) is 30.5 Å². The van der Waals surface area contributed by atoms with E-state index >= 15 is 0 Å². The van der Waals surface area contributed by atoms with E-state index in [-0.39, 0.29) is 11.0 Å². The molecule has 1 saturated heterocycles. The number of nitrogens with zero attached hydrogens (tertiary/aromatic N) is 2. The summed E-state index contributed by atoms with van der Waals surface area (Å²) in [5.74, 6) is 0.711. The molecule has 4 aromatic rings. The Bertz CT molecular complexity index is 1560. The molecule has 0 aliphatic carbocycles. The van der Waals surface area contributed by atoms with Crippen LogP contribution in [-0.2, 0) is 11.3 Å². The highest BCUT2D eigenvalue weighted by atomic mass is 35.5. The van der Waals surface area contributed by atoms with Gasteiger partial charge in [0.2, 0.25) is 5.43 Å². The van der Waals surface area contributed by atoms with Crippen molar-refractivity contribution in [2.75, 3.05) is 44.7 Å². The zero-order chi connectivity index (χ0) is 26.1. The molecule has 194 valence electrons. The molecule has 9 heteroatoms. The molecule has 0 spiro atoms. The van der Waals surface area contributed by atoms with Crippen molar-refractivity contribution in [3.63, 3.8) is 0 Å².